The predicted octanol–water partition coefficient (Wildman–Crippen LogP) is 2.85. The maximum Gasteiger partial charge on any atom is 0.123 e. The Balaban J connectivity index is 2.59. The Morgan fingerprint density at radius 2 is 2.15 bits per heavy atom. The van der Waals surface area contributed by atoms with Crippen molar-refractivity contribution in [2.75, 3.05) is 13.1 Å². The normalized spacial score (nSPS) is 36.9. The molecule has 0 saturated carbocycles. The highest BCUT2D eigenvalue weighted by Crippen LogP contribution is 2.33. The van der Waals surface area contributed by atoms with Crippen molar-refractivity contribution in [3.05, 3.63) is 0 Å². The summed E-state index contributed by atoms with van der Waals surface area (Å²) in [7, 11) is 0. The molecule has 2 atom stereocenters. The van der Waals surface area contributed by atoms with Gasteiger partial charge in [0, 0.05) is 12.6 Å². The molecule has 0 radical (unpaired) electrons. The van der Waals surface area contributed by atoms with Crippen LogP contribution in [0.5, 0.6) is 0 Å². The number of hydrogen-bond donors (Lipinski definition) is 0. The topological polar surface area (TPSA) is 3.24 Å². The van der Waals surface area contributed by atoms with Crippen molar-refractivity contribution >= 4 is 0 Å². The molecule has 0 amide bonds. The molecule has 0 aromatic rings. The lowest BCUT2D eigenvalue weighted by atomic mass is 9.82. The molecule has 1 nitrogen and oxygen atoms in total. The van der Waals surface area contributed by atoms with Gasteiger partial charge in [-0.2, -0.15) is 0 Å². The van der Waals surface area contributed by atoms with Crippen molar-refractivity contribution in [1.29, 1.82) is 0 Å². The van der Waals surface area contributed by atoms with Crippen molar-refractivity contribution in [2.45, 2.75) is 52.2 Å². The molecule has 1 rings (SSSR count). The van der Waals surface area contributed by atoms with Gasteiger partial charge in [0.05, 0.1) is 0 Å². The van der Waals surface area contributed by atoms with Gasteiger partial charge in [-0.25, -0.2) is 4.39 Å². The van der Waals surface area contributed by atoms with Gasteiger partial charge < -0.3 is 0 Å². The lowest BCUT2D eigenvalue weighted by Crippen LogP contribution is -2.51. The Hall–Kier alpha value is -0.110. The van der Waals surface area contributed by atoms with Gasteiger partial charge in [0.25, 0.3) is 0 Å². The van der Waals surface area contributed by atoms with E-state index in [-0.39, 0.29) is 5.92 Å². The second-order valence-electron chi connectivity index (χ2n) is 4.74. The highest BCUT2D eigenvalue weighted by molar-refractivity contribution is 4.91. The third kappa shape index (κ3) is 2.43. The number of hydrogen-bond acceptors (Lipinski definition) is 1. The minimum absolute atomic E-state index is 0.266. The zero-order chi connectivity index (χ0) is 10.1. The van der Waals surface area contributed by atoms with Crippen LogP contribution in [0.2, 0.25) is 0 Å². The Bertz CT molecular complexity index is 165. The number of halogens is 1. The molecule has 1 aliphatic heterocycles. The van der Waals surface area contributed by atoms with Crippen LogP contribution < -0.4 is 0 Å². The third-order valence-corrected chi connectivity index (χ3v) is 3.35. The zero-order valence-electron chi connectivity index (χ0n) is 9.31. The van der Waals surface area contributed by atoms with E-state index in [2.05, 4.69) is 25.7 Å². The minimum atomic E-state index is -0.975. The number of alkyl halides is 1. The van der Waals surface area contributed by atoms with Gasteiger partial charge in [0.15, 0.2) is 0 Å². The standard InChI is InChI=1S/C11H22FN/c1-5-10-6-7-13(9(2)3)8-11(10,4)12/h9-10H,5-8H2,1-4H3. The summed E-state index contributed by atoms with van der Waals surface area (Å²) in [4.78, 5) is 2.24. The smallest absolute Gasteiger partial charge is 0.123 e. The number of nitrogens with zero attached hydrogens (tertiary/aromatic N) is 1. The molecular formula is C11H22FN. The van der Waals surface area contributed by atoms with Crippen molar-refractivity contribution in [3.8, 4) is 0 Å². The van der Waals surface area contributed by atoms with Crippen LogP contribution in [0.25, 0.3) is 0 Å². The molecule has 0 spiro atoms. The fraction of sp³-hybridized carbons (Fsp3) is 1.00. The molecule has 1 saturated heterocycles. The van der Waals surface area contributed by atoms with E-state index < -0.39 is 5.67 Å². The molecule has 1 aliphatic rings. The number of rotatable bonds is 2. The van der Waals surface area contributed by atoms with Gasteiger partial charge in [0.1, 0.15) is 5.67 Å². The predicted molar refractivity (Wildman–Crippen MR) is 54.6 cm³/mol. The van der Waals surface area contributed by atoms with E-state index in [1.165, 1.54) is 0 Å². The quantitative estimate of drug-likeness (QED) is 0.642. The molecule has 0 aliphatic carbocycles. The molecule has 1 fully saturated rings. The summed E-state index contributed by atoms with van der Waals surface area (Å²) in [6, 6.07) is 0.480. The maximum atomic E-state index is 14.1. The van der Waals surface area contributed by atoms with Crippen LogP contribution in [0.1, 0.15) is 40.5 Å². The fourth-order valence-corrected chi connectivity index (χ4v) is 2.30. The van der Waals surface area contributed by atoms with Crippen LogP contribution in [0.15, 0.2) is 0 Å². The molecule has 0 aromatic carbocycles. The van der Waals surface area contributed by atoms with Crippen molar-refractivity contribution in [2.24, 2.45) is 5.92 Å². The van der Waals surface area contributed by atoms with E-state index in [9.17, 15) is 4.39 Å². The molecular weight excluding hydrogens is 165 g/mol. The second kappa shape index (κ2) is 3.95. The van der Waals surface area contributed by atoms with Gasteiger partial charge in [0.2, 0.25) is 0 Å². The van der Waals surface area contributed by atoms with Crippen molar-refractivity contribution in [1.82, 2.24) is 4.90 Å². The summed E-state index contributed by atoms with van der Waals surface area (Å²) in [5.41, 5.74) is -0.975. The number of likely N-dealkylation sites (tertiary alicyclic amines) is 1. The Morgan fingerprint density at radius 3 is 2.54 bits per heavy atom. The van der Waals surface area contributed by atoms with E-state index in [0.29, 0.717) is 12.6 Å². The van der Waals surface area contributed by atoms with Crippen LogP contribution in [0, 0.1) is 5.92 Å². The molecule has 0 aromatic heterocycles. The summed E-state index contributed by atoms with van der Waals surface area (Å²) in [6.07, 6.45) is 1.99. The fourth-order valence-electron chi connectivity index (χ4n) is 2.30. The molecule has 2 unspecified atom stereocenters. The average molecular weight is 187 g/mol. The summed E-state index contributed by atoms with van der Waals surface area (Å²) >= 11 is 0. The molecule has 13 heavy (non-hydrogen) atoms. The highest BCUT2D eigenvalue weighted by Gasteiger charge is 2.39. The highest BCUT2D eigenvalue weighted by atomic mass is 19.1. The first kappa shape index (κ1) is 11.0. The van der Waals surface area contributed by atoms with Crippen LogP contribution in [-0.4, -0.2) is 29.7 Å². The number of piperidine rings is 1. The van der Waals surface area contributed by atoms with Crippen LogP contribution in [-0.2, 0) is 0 Å². The van der Waals surface area contributed by atoms with Crippen molar-refractivity contribution in [3.63, 3.8) is 0 Å². The van der Waals surface area contributed by atoms with Gasteiger partial charge in [-0.05, 0) is 39.7 Å². The van der Waals surface area contributed by atoms with E-state index in [4.69, 9.17) is 0 Å². The van der Waals surface area contributed by atoms with E-state index in [0.717, 1.165) is 19.4 Å². The van der Waals surface area contributed by atoms with Gasteiger partial charge in [-0.3, -0.25) is 4.90 Å². The Labute approximate surface area is 81.3 Å². The average Bonchev–Trinajstić information content (AvgIpc) is 2.02. The van der Waals surface area contributed by atoms with Crippen LogP contribution in [0.3, 0.4) is 0 Å². The monoisotopic (exact) mass is 187 g/mol. The van der Waals surface area contributed by atoms with Gasteiger partial charge in [-0.1, -0.05) is 13.3 Å². The van der Waals surface area contributed by atoms with Crippen LogP contribution >= 0.6 is 0 Å². The van der Waals surface area contributed by atoms with E-state index in [1.54, 1.807) is 6.92 Å². The summed E-state index contributed by atoms with van der Waals surface area (Å²) < 4.78 is 14.1. The van der Waals surface area contributed by atoms with Crippen molar-refractivity contribution < 1.29 is 4.39 Å². The summed E-state index contributed by atoms with van der Waals surface area (Å²) in [5, 5.41) is 0. The van der Waals surface area contributed by atoms with E-state index in [1.807, 2.05) is 0 Å². The third-order valence-electron chi connectivity index (χ3n) is 3.35. The molecule has 78 valence electrons. The van der Waals surface area contributed by atoms with E-state index >= 15 is 0 Å². The summed E-state index contributed by atoms with van der Waals surface area (Å²) in [5.74, 6) is 0.266. The Morgan fingerprint density at radius 1 is 1.54 bits per heavy atom. The molecule has 1 heterocycles. The minimum Gasteiger partial charge on any atom is -0.298 e. The molecule has 2 heteroatoms. The first-order valence-electron chi connectivity index (χ1n) is 5.40. The zero-order valence-corrected chi connectivity index (χ0v) is 9.31. The van der Waals surface area contributed by atoms with Gasteiger partial charge >= 0.3 is 0 Å². The Kier molecular flexibility index (Phi) is 3.33. The first-order chi connectivity index (χ1) is 5.97. The largest absolute Gasteiger partial charge is 0.298 e. The lowest BCUT2D eigenvalue weighted by molar-refractivity contribution is -0.00862. The summed E-state index contributed by atoms with van der Waals surface area (Å²) in [6.45, 7) is 9.81. The SMILES string of the molecule is CCC1CCN(C(C)C)CC1(C)F. The van der Waals surface area contributed by atoms with Gasteiger partial charge in [-0.15, -0.1) is 0 Å². The lowest BCUT2D eigenvalue weighted by Gasteiger charge is -2.42. The second-order valence-corrected chi connectivity index (χ2v) is 4.74. The molecule has 0 N–H and O–H groups in total. The van der Waals surface area contributed by atoms with Crippen LogP contribution in [0.4, 0.5) is 4.39 Å². The molecule has 0 bridgehead atoms. The first-order valence-corrected chi connectivity index (χ1v) is 5.40. The maximum absolute atomic E-state index is 14.1.